The third kappa shape index (κ3) is 3.46. The van der Waals surface area contributed by atoms with Gasteiger partial charge in [0.25, 0.3) is 0 Å². The SMILES string of the molecule is COC(=O)N1CC=C(c2ccc(B3OC(C)(C)C(C)(C)O3)cc2)CC1. The van der Waals surface area contributed by atoms with Gasteiger partial charge in [-0.2, -0.15) is 0 Å². The van der Waals surface area contributed by atoms with Crippen LogP contribution in [-0.4, -0.2) is 49.5 Å². The quantitative estimate of drug-likeness (QED) is 0.775. The highest BCUT2D eigenvalue weighted by atomic mass is 16.7. The van der Waals surface area contributed by atoms with Gasteiger partial charge >= 0.3 is 13.2 Å². The summed E-state index contributed by atoms with van der Waals surface area (Å²) in [5.74, 6) is 0. The average Bonchev–Trinajstić information content (AvgIpc) is 2.82. The van der Waals surface area contributed by atoms with E-state index in [1.807, 2.05) is 0 Å². The molecule has 0 saturated carbocycles. The first-order valence-electron chi connectivity index (χ1n) is 8.71. The van der Waals surface area contributed by atoms with Crippen LogP contribution in [0.4, 0.5) is 4.79 Å². The number of carbonyl (C=O) groups is 1. The largest absolute Gasteiger partial charge is 0.494 e. The molecule has 1 amide bonds. The van der Waals surface area contributed by atoms with Crippen LogP contribution in [0.5, 0.6) is 0 Å². The molecule has 0 aromatic heterocycles. The molecular weight excluding hydrogens is 317 g/mol. The average molecular weight is 343 g/mol. The van der Waals surface area contributed by atoms with Crippen LogP contribution in [0.15, 0.2) is 30.3 Å². The Morgan fingerprint density at radius 1 is 1.12 bits per heavy atom. The molecule has 0 radical (unpaired) electrons. The number of methoxy groups -OCH3 is 1. The molecule has 3 rings (SSSR count). The van der Waals surface area contributed by atoms with Crippen molar-refractivity contribution in [3.63, 3.8) is 0 Å². The normalized spacial score (nSPS) is 21.9. The third-order valence-electron chi connectivity index (χ3n) is 5.45. The van der Waals surface area contributed by atoms with Crippen molar-refractivity contribution < 1.29 is 18.8 Å². The van der Waals surface area contributed by atoms with E-state index in [1.165, 1.54) is 18.2 Å². The summed E-state index contributed by atoms with van der Waals surface area (Å²) >= 11 is 0. The Balaban J connectivity index is 1.70. The summed E-state index contributed by atoms with van der Waals surface area (Å²) < 4.78 is 17.0. The van der Waals surface area contributed by atoms with Crippen LogP contribution >= 0.6 is 0 Å². The standard InChI is InChI=1S/C19H26BNO4/c1-18(2)19(3,4)25-20(24-18)16-8-6-14(7-9-16)15-10-12-21(13-11-15)17(22)23-5/h6-10H,11-13H2,1-5H3. The second-order valence-corrected chi connectivity index (χ2v) is 7.61. The summed E-state index contributed by atoms with van der Waals surface area (Å²) in [6, 6.07) is 8.32. The van der Waals surface area contributed by atoms with Crippen LogP contribution in [0, 0.1) is 0 Å². The highest BCUT2D eigenvalue weighted by Gasteiger charge is 2.51. The fourth-order valence-corrected chi connectivity index (χ4v) is 3.06. The maximum Gasteiger partial charge on any atom is 0.494 e. The first kappa shape index (κ1) is 18.0. The summed E-state index contributed by atoms with van der Waals surface area (Å²) in [6.45, 7) is 9.49. The van der Waals surface area contributed by atoms with Gasteiger partial charge in [-0.3, -0.25) is 0 Å². The first-order valence-corrected chi connectivity index (χ1v) is 8.71. The molecule has 2 aliphatic heterocycles. The molecule has 0 bridgehead atoms. The van der Waals surface area contributed by atoms with Crippen molar-refractivity contribution in [2.45, 2.75) is 45.3 Å². The predicted octanol–water partition coefficient (Wildman–Crippen LogP) is 2.84. The van der Waals surface area contributed by atoms with Crippen molar-refractivity contribution in [2.75, 3.05) is 20.2 Å². The number of amides is 1. The summed E-state index contributed by atoms with van der Waals surface area (Å²) in [5.41, 5.74) is 2.78. The van der Waals surface area contributed by atoms with Gasteiger partial charge in [0.2, 0.25) is 0 Å². The van der Waals surface area contributed by atoms with Crippen molar-refractivity contribution in [3.05, 3.63) is 35.9 Å². The van der Waals surface area contributed by atoms with Crippen LogP contribution in [-0.2, 0) is 14.0 Å². The minimum absolute atomic E-state index is 0.272. The molecule has 6 heteroatoms. The van der Waals surface area contributed by atoms with E-state index in [9.17, 15) is 4.79 Å². The van der Waals surface area contributed by atoms with Crippen molar-refractivity contribution >= 4 is 24.2 Å². The van der Waals surface area contributed by atoms with E-state index in [0.717, 1.165) is 11.9 Å². The van der Waals surface area contributed by atoms with E-state index in [2.05, 4.69) is 58.0 Å². The van der Waals surface area contributed by atoms with E-state index in [1.54, 1.807) is 4.90 Å². The van der Waals surface area contributed by atoms with Gasteiger partial charge in [0.05, 0.1) is 18.3 Å². The van der Waals surface area contributed by atoms with Gasteiger partial charge < -0.3 is 18.9 Å². The van der Waals surface area contributed by atoms with Gasteiger partial charge in [-0.15, -0.1) is 0 Å². The highest BCUT2D eigenvalue weighted by molar-refractivity contribution is 6.62. The molecule has 0 atom stereocenters. The molecule has 0 spiro atoms. The molecule has 5 nitrogen and oxygen atoms in total. The first-order chi connectivity index (χ1) is 11.7. The fourth-order valence-electron chi connectivity index (χ4n) is 3.06. The molecule has 25 heavy (non-hydrogen) atoms. The van der Waals surface area contributed by atoms with Crippen LogP contribution in [0.3, 0.4) is 0 Å². The maximum absolute atomic E-state index is 11.6. The highest BCUT2D eigenvalue weighted by Crippen LogP contribution is 2.36. The summed E-state index contributed by atoms with van der Waals surface area (Å²) in [5, 5.41) is 0. The smallest absolute Gasteiger partial charge is 0.453 e. The van der Waals surface area contributed by atoms with Crippen molar-refractivity contribution in [1.29, 1.82) is 0 Å². The summed E-state index contributed by atoms with van der Waals surface area (Å²) in [7, 11) is 1.07. The van der Waals surface area contributed by atoms with Crippen LogP contribution in [0.1, 0.15) is 39.7 Å². The molecule has 0 N–H and O–H groups in total. The minimum Gasteiger partial charge on any atom is -0.453 e. The molecule has 0 aliphatic carbocycles. The van der Waals surface area contributed by atoms with Gasteiger partial charge in [-0.25, -0.2) is 4.79 Å². The molecule has 2 aliphatic rings. The molecule has 1 saturated heterocycles. The number of benzene rings is 1. The number of hydrogen-bond donors (Lipinski definition) is 0. The maximum atomic E-state index is 11.6. The fraction of sp³-hybridized carbons (Fsp3) is 0.526. The Morgan fingerprint density at radius 2 is 1.72 bits per heavy atom. The number of rotatable bonds is 2. The number of carbonyl (C=O) groups excluding carboxylic acids is 1. The summed E-state index contributed by atoms with van der Waals surface area (Å²) in [4.78, 5) is 13.3. The van der Waals surface area contributed by atoms with Crippen LogP contribution < -0.4 is 5.46 Å². The van der Waals surface area contributed by atoms with Gasteiger partial charge in [0, 0.05) is 13.1 Å². The lowest BCUT2D eigenvalue weighted by Crippen LogP contribution is -2.41. The second-order valence-electron chi connectivity index (χ2n) is 7.61. The molecule has 1 aromatic rings. The Labute approximate surface area is 150 Å². The van der Waals surface area contributed by atoms with Gasteiger partial charge in [0.15, 0.2) is 0 Å². The van der Waals surface area contributed by atoms with Crippen LogP contribution in [0.25, 0.3) is 5.57 Å². The Bertz CT molecular complexity index is 665. The van der Waals surface area contributed by atoms with Gasteiger partial charge in [-0.05, 0) is 50.7 Å². The lowest BCUT2D eigenvalue weighted by Gasteiger charge is -2.32. The molecule has 0 unspecified atom stereocenters. The van der Waals surface area contributed by atoms with Crippen molar-refractivity contribution in [1.82, 2.24) is 4.90 Å². The van der Waals surface area contributed by atoms with E-state index >= 15 is 0 Å². The molecule has 134 valence electrons. The topological polar surface area (TPSA) is 48.0 Å². The second kappa shape index (κ2) is 6.50. The molecule has 1 fully saturated rings. The van der Waals surface area contributed by atoms with E-state index in [4.69, 9.17) is 14.0 Å². The number of hydrogen-bond acceptors (Lipinski definition) is 4. The summed E-state index contributed by atoms with van der Waals surface area (Å²) in [6.07, 6.45) is 2.64. The van der Waals surface area contributed by atoms with E-state index in [0.29, 0.717) is 13.1 Å². The zero-order valence-corrected chi connectivity index (χ0v) is 15.7. The molecule has 1 aromatic carbocycles. The zero-order valence-electron chi connectivity index (χ0n) is 15.7. The lowest BCUT2D eigenvalue weighted by atomic mass is 9.78. The minimum atomic E-state index is -0.339. The number of ether oxygens (including phenoxy) is 1. The third-order valence-corrected chi connectivity index (χ3v) is 5.45. The monoisotopic (exact) mass is 343 g/mol. The lowest BCUT2D eigenvalue weighted by molar-refractivity contribution is 0.00578. The van der Waals surface area contributed by atoms with Gasteiger partial charge in [-0.1, -0.05) is 30.3 Å². The van der Waals surface area contributed by atoms with Crippen LogP contribution in [0.2, 0.25) is 0 Å². The Hall–Kier alpha value is -1.79. The van der Waals surface area contributed by atoms with Gasteiger partial charge in [0.1, 0.15) is 0 Å². The Morgan fingerprint density at radius 3 is 2.20 bits per heavy atom. The van der Waals surface area contributed by atoms with E-state index < -0.39 is 0 Å². The Kier molecular flexibility index (Phi) is 4.69. The predicted molar refractivity (Wildman–Crippen MR) is 98.7 cm³/mol. The molecule has 2 heterocycles. The van der Waals surface area contributed by atoms with Crippen molar-refractivity contribution in [2.24, 2.45) is 0 Å². The van der Waals surface area contributed by atoms with E-state index in [-0.39, 0.29) is 24.4 Å². The number of nitrogens with zero attached hydrogens (tertiary/aromatic N) is 1. The zero-order chi connectivity index (χ0) is 18.2. The van der Waals surface area contributed by atoms with Crippen molar-refractivity contribution in [3.8, 4) is 0 Å². The molecular formula is C19H26BNO4.